The zero-order chi connectivity index (χ0) is 10.6. The third kappa shape index (κ3) is 3.56. The molecule has 3 heteroatoms. The zero-order valence-electron chi connectivity index (χ0n) is 9.50. The van der Waals surface area contributed by atoms with Crippen molar-refractivity contribution in [1.82, 2.24) is 4.90 Å². The Balaban J connectivity index is 2.28. The maximum Gasteiger partial charge on any atom is 0.0774 e. The Morgan fingerprint density at radius 1 is 1.43 bits per heavy atom. The van der Waals surface area contributed by atoms with Gasteiger partial charge in [-0.15, -0.1) is 0 Å². The molecule has 1 rings (SSSR count). The third-order valence-electron chi connectivity index (χ3n) is 3.12. The molecule has 0 aromatic rings. The molecule has 1 fully saturated rings. The first kappa shape index (κ1) is 12.0. The summed E-state index contributed by atoms with van der Waals surface area (Å²) in [5, 5.41) is 10.2. The Kier molecular flexibility index (Phi) is 4.35. The first-order chi connectivity index (χ1) is 6.56. The van der Waals surface area contributed by atoms with E-state index in [-0.39, 0.29) is 0 Å². The summed E-state index contributed by atoms with van der Waals surface area (Å²) in [7, 11) is 2.07. The highest BCUT2D eigenvalue weighted by atomic mass is 16.3. The number of hydrogen-bond acceptors (Lipinski definition) is 3. The summed E-state index contributed by atoms with van der Waals surface area (Å²) in [4.78, 5) is 2.21. The van der Waals surface area contributed by atoms with Gasteiger partial charge in [-0.05, 0) is 32.4 Å². The summed E-state index contributed by atoms with van der Waals surface area (Å²) < 4.78 is 0. The predicted molar refractivity (Wildman–Crippen MR) is 59.1 cm³/mol. The van der Waals surface area contributed by atoms with E-state index in [0.29, 0.717) is 5.92 Å². The highest BCUT2D eigenvalue weighted by molar-refractivity contribution is 4.86. The number of rotatable bonds is 5. The highest BCUT2D eigenvalue weighted by Gasteiger charge is 2.32. The molecule has 1 unspecified atom stereocenters. The second-order valence-electron chi connectivity index (χ2n) is 4.97. The van der Waals surface area contributed by atoms with Crippen LogP contribution in [-0.4, -0.2) is 42.3 Å². The Morgan fingerprint density at radius 2 is 2.00 bits per heavy atom. The maximum absolute atomic E-state index is 10.2. The van der Waals surface area contributed by atoms with Crippen molar-refractivity contribution in [3.63, 3.8) is 0 Å². The van der Waals surface area contributed by atoms with Gasteiger partial charge in [-0.2, -0.15) is 0 Å². The van der Waals surface area contributed by atoms with Crippen molar-refractivity contribution in [2.45, 2.75) is 38.2 Å². The molecule has 0 amide bonds. The SMILES string of the molecule is CC(CN)CN(C)CC1(O)CCCC1. The number of aliphatic hydroxyl groups is 1. The molecule has 1 atom stereocenters. The molecule has 0 spiro atoms. The van der Waals surface area contributed by atoms with Crippen molar-refractivity contribution in [2.24, 2.45) is 11.7 Å². The van der Waals surface area contributed by atoms with Crippen LogP contribution in [0.15, 0.2) is 0 Å². The minimum atomic E-state index is -0.414. The molecular formula is C11H24N2O. The smallest absolute Gasteiger partial charge is 0.0774 e. The lowest BCUT2D eigenvalue weighted by Gasteiger charge is -2.29. The summed E-state index contributed by atoms with van der Waals surface area (Å²) in [6.07, 6.45) is 4.29. The number of nitrogens with zero attached hydrogens (tertiary/aromatic N) is 1. The van der Waals surface area contributed by atoms with Crippen LogP contribution in [-0.2, 0) is 0 Å². The van der Waals surface area contributed by atoms with E-state index in [2.05, 4.69) is 18.9 Å². The van der Waals surface area contributed by atoms with E-state index in [1.165, 1.54) is 12.8 Å². The highest BCUT2D eigenvalue weighted by Crippen LogP contribution is 2.29. The summed E-state index contributed by atoms with van der Waals surface area (Å²) in [5.74, 6) is 0.519. The Labute approximate surface area is 87.3 Å². The molecule has 0 heterocycles. The molecule has 1 aliphatic rings. The molecule has 14 heavy (non-hydrogen) atoms. The van der Waals surface area contributed by atoms with Gasteiger partial charge in [-0.25, -0.2) is 0 Å². The largest absolute Gasteiger partial charge is 0.389 e. The Bertz CT molecular complexity index is 167. The van der Waals surface area contributed by atoms with Crippen LogP contribution in [0.4, 0.5) is 0 Å². The van der Waals surface area contributed by atoms with Crippen LogP contribution >= 0.6 is 0 Å². The van der Waals surface area contributed by atoms with Gasteiger partial charge in [-0.3, -0.25) is 0 Å². The molecule has 3 nitrogen and oxygen atoms in total. The van der Waals surface area contributed by atoms with E-state index in [1.54, 1.807) is 0 Å². The van der Waals surface area contributed by atoms with Gasteiger partial charge in [0.1, 0.15) is 0 Å². The fraction of sp³-hybridized carbons (Fsp3) is 1.00. The zero-order valence-corrected chi connectivity index (χ0v) is 9.50. The molecular weight excluding hydrogens is 176 g/mol. The van der Waals surface area contributed by atoms with Gasteiger partial charge in [-0.1, -0.05) is 19.8 Å². The maximum atomic E-state index is 10.2. The summed E-state index contributed by atoms with van der Waals surface area (Å²) >= 11 is 0. The molecule has 0 aliphatic heterocycles. The lowest BCUT2D eigenvalue weighted by molar-refractivity contribution is 0.0137. The molecule has 1 saturated carbocycles. The van der Waals surface area contributed by atoms with Gasteiger partial charge < -0.3 is 15.7 Å². The van der Waals surface area contributed by atoms with Gasteiger partial charge >= 0.3 is 0 Å². The van der Waals surface area contributed by atoms with E-state index >= 15 is 0 Å². The van der Waals surface area contributed by atoms with E-state index in [9.17, 15) is 5.11 Å². The van der Waals surface area contributed by atoms with Crippen LogP contribution in [0.1, 0.15) is 32.6 Å². The Hall–Kier alpha value is -0.120. The van der Waals surface area contributed by atoms with Gasteiger partial charge in [0.2, 0.25) is 0 Å². The second kappa shape index (κ2) is 5.10. The topological polar surface area (TPSA) is 49.5 Å². The number of hydrogen-bond donors (Lipinski definition) is 2. The average Bonchev–Trinajstić information content (AvgIpc) is 2.51. The number of likely N-dealkylation sites (N-methyl/N-ethyl adjacent to an activating group) is 1. The number of nitrogens with two attached hydrogens (primary N) is 1. The Morgan fingerprint density at radius 3 is 2.50 bits per heavy atom. The first-order valence-corrected chi connectivity index (χ1v) is 5.67. The van der Waals surface area contributed by atoms with Crippen molar-refractivity contribution in [3.8, 4) is 0 Å². The van der Waals surface area contributed by atoms with Crippen LogP contribution in [0, 0.1) is 5.92 Å². The van der Waals surface area contributed by atoms with E-state index < -0.39 is 5.60 Å². The van der Waals surface area contributed by atoms with Crippen molar-refractivity contribution < 1.29 is 5.11 Å². The van der Waals surface area contributed by atoms with Gasteiger partial charge in [0.15, 0.2) is 0 Å². The molecule has 0 bridgehead atoms. The minimum absolute atomic E-state index is 0.414. The van der Waals surface area contributed by atoms with Crippen LogP contribution in [0.2, 0.25) is 0 Å². The fourth-order valence-electron chi connectivity index (χ4n) is 2.36. The summed E-state index contributed by atoms with van der Waals surface area (Å²) in [6, 6.07) is 0. The monoisotopic (exact) mass is 200 g/mol. The van der Waals surface area contributed by atoms with Gasteiger partial charge in [0.05, 0.1) is 5.60 Å². The van der Waals surface area contributed by atoms with Gasteiger partial charge in [0.25, 0.3) is 0 Å². The van der Waals surface area contributed by atoms with Crippen LogP contribution < -0.4 is 5.73 Å². The van der Waals surface area contributed by atoms with Crippen LogP contribution in [0.3, 0.4) is 0 Å². The molecule has 1 aliphatic carbocycles. The fourth-order valence-corrected chi connectivity index (χ4v) is 2.36. The molecule has 0 aromatic heterocycles. The standard InChI is InChI=1S/C11H24N2O/c1-10(7-12)8-13(2)9-11(14)5-3-4-6-11/h10,14H,3-9,12H2,1-2H3. The lowest BCUT2D eigenvalue weighted by atomic mass is 10.0. The van der Waals surface area contributed by atoms with Gasteiger partial charge in [0, 0.05) is 13.1 Å². The van der Waals surface area contributed by atoms with Crippen molar-refractivity contribution in [2.75, 3.05) is 26.7 Å². The van der Waals surface area contributed by atoms with E-state index in [4.69, 9.17) is 5.73 Å². The van der Waals surface area contributed by atoms with Crippen molar-refractivity contribution in [3.05, 3.63) is 0 Å². The minimum Gasteiger partial charge on any atom is -0.389 e. The molecule has 0 saturated heterocycles. The average molecular weight is 200 g/mol. The van der Waals surface area contributed by atoms with Crippen molar-refractivity contribution in [1.29, 1.82) is 0 Å². The van der Waals surface area contributed by atoms with Crippen LogP contribution in [0.5, 0.6) is 0 Å². The first-order valence-electron chi connectivity index (χ1n) is 5.67. The molecule has 84 valence electrons. The van der Waals surface area contributed by atoms with Crippen molar-refractivity contribution >= 4 is 0 Å². The summed E-state index contributed by atoms with van der Waals surface area (Å²) in [5.41, 5.74) is 5.16. The van der Waals surface area contributed by atoms with Crippen LogP contribution in [0.25, 0.3) is 0 Å². The summed E-state index contributed by atoms with van der Waals surface area (Å²) in [6.45, 7) is 4.66. The normalized spacial score (nSPS) is 22.9. The lowest BCUT2D eigenvalue weighted by Crippen LogP contribution is -2.41. The van der Waals surface area contributed by atoms with E-state index in [1.807, 2.05) is 0 Å². The quantitative estimate of drug-likeness (QED) is 0.691. The second-order valence-corrected chi connectivity index (χ2v) is 4.97. The van der Waals surface area contributed by atoms with E-state index in [0.717, 1.165) is 32.5 Å². The molecule has 3 N–H and O–H groups in total. The predicted octanol–water partition coefficient (Wildman–Crippen LogP) is 0.818. The third-order valence-corrected chi connectivity index (χ3v) is 3.12. The molecule has 0 aromatic carbocycles. The molecule has 0 radical (unpaired) electrons.